The Morgan fingerprint density at radius 2 is 2.35 bits per heavy atom. The molecule has 17 heavy (non-hydrogen) atoms. The second-order valence-corrected chi connectivity index (χ2v) is 4.52. The molecule has 0 atom stereocenters. The fourth-order valence-electron chi connectivity index (χ4n) is 2.00. The summed E-state index contributed by atoms with van der Waals surface area (Å²) >= 11 is 0. The predicted octanol–water partition coefficient (Wildman–Crippen LogP) is 0.659. The molecule has 1 aliphatic carbocycles. The molecule has 1 N–H and O–H groups in total. The van der Waals surface area contributed by atoms with Gasteiger partial charge in [0.25, 0.3) is 0 Å². The summed E-state index contributed by atoms with van der Waals surface area (Å²) < 4.78 is 7.34. The fraction of sp³-hybridized carbons (Fsp3) is 0.750. The SMILES string of the molecule is COCCN(CCO)Cc1cncn1C1CC1. The van der Waals surface area contributed by atoms with E-state index in [-0.39, 0.29) is 6.61 Å². The molecular weight excluding hydrogens is 218 g/mol. The molecule has 1 aliphatic rings. The Kier molecular flexibility index (Phi) is 4.53. The van der Waals surface area contributed by atoms with Crippen LogP contribution < -0.4 is 0 Å². The van der Waals surface area contributed by atoms with Gasteiger partial charge in [-0.25, -0.2) is 4.98 Å². The molecule has 0 radical (unpaired) electrons. The van der Waals surface area contributed by atoms with Gasteiger partial charge in [-0.1, -0.05) is 0 Å². The van der Waals surface area contributed by atoms with Gasteiger partial charge in [0.15, 0.2) is 0 Å². The van der Waals surface area contributed by atoms with Crippen molar-refractivity contribution >= 4 is 0 Å². The van der Waals surface area contributed by atoms with Gasteiger partial charge in [0.05, 0.1) is 25.2 Å². The molecule has 5 heteroatoms. The first-order chi connectivity index (χ1) is 8.35. The van der Waals surface area contributed by atoms with E-state index in [0.29, 0.717) is 19.2 Å². The van der Waals surface area contributed by atoms with Crippen LogP contribution in [0.1, 0.15) is 24.6 Å². The van der Waals surface area contributed by atoms with Crippen molar-refractivity contribution in [3.05, 3.63) is 18.2 Å². The Hall–Kier alpha value is -0.910. The molecule has 1 fully saturated rings. The highest BCUT2D eigenvalue weighted by atomic mass is 16.5. The molecule has 0 unspecified atom stereocenters. The van der Waals surface area contributed by atoms with Crippen molar-refractivity contribution < 1.29 is 9.84 Å². The third-order valence-electron chi connectivity index (χ3n) is 3.10. The summed E-state index contributed by atoms with van der Waals surface area (Å²) in [5.41, 5.74) is 1.23. The maximum Gasteiger partial charge on any atom is 0.0951 e. The van der Waals surface area contributed by atoms with Gasteiger partial charge in [-0.2, -0.15) is 0 Å². The summed E-state index contributed by atoms with van der Waals surface area (Å²) in [7, 11) is 1.70. The normalized spacial score (nSPS) is 15.7. The summed E-state index contributed by atoms with van der Waals surface area (Å²) in [6.45, 7) is 3.23. The summed E-state index contributed by atoms with van der Waals surface area (Å²) in [6, 6.07) is 0.658. The third-order valence-corrected chi connectivity index (χ3v) is 3.10. The average Bonchev–Trinajstić information content (AvgIpc) is 3.07. The number of rotatable bonds is 8. The van der Waals surface area contributed by atoms with E-state index >= 15 is 0 Å². The molecule has 1 aromatic rings. The van der Waals surface area contributed by atoms with E-state index in [9.17, 15) is 0 Å². The van der Waals surface area contributed by atoms with Crippen molar-refractivity contribution in [2.24, 2.45) is 0 Å². The van der Waals surface area contributed by atoms with E-state index in [1.165, 1.54) is 18.5 Å². The van der Waals surface area contributed by atoms with Crippen LogP contribution in [0.2, 0.25) is 0 Å². The van der Waals surface area contributed by atoms with Gasteiger partial charge < -0.3 is 14.4 Å². The summed E-state index contributed by atoms with van der Waals surface area (Å²) in [4.78, 5) is 6.41. The lowest BCUT2D eigenvalue weighted by Crippen LogP contribution is -2.30. The van der Waals surface area contributed by atoms with Crippen molar-refractivity contribution in [3.63, 3.8) is 0 Å². The molecule has 0 aliphatic heterocycles. The molecule has 96 valence electrons. The minimum absolute atomic E-state index is 0.182. The van der Waals surface area contributed by atoms with Gasteiger partial charge in [-0.15, -0.1) is 0 Å². The summed E-state index contributed by atoms with van der Waals surface area (Å²) in [5, 5.41) is 9.05. The van der Waals surface area contributed by atoms with Crippen LogP contribution in [-0.2, 0) is 11.3 Å². The van der Waals surface area contributed by atoms with Crippen LogP contribution in [0, 0.1) is 0 Å². The highest BCUT2D eigenvalue weighted by Gasteiger charge is 2.25. The van der Waals surface area contributed by atoms with E-state index in [0.717, 1.165) is 13.1 Å². The molecule has 0 bridgehead atoms. The second-order valence-electron chi connectivity index (χ2n) is 4.52. The quantitative estimate of drug-likeness (QED) is 0.724. The Morgan fingerprint density at radius 1 is 1.53 bits per heavy atom. The van der Waals surface area contributed by atoms with Gasteiger partial charge in [-0.05, 0) is 12.8 Å². The molecule has 1 aromatic heterocycles. The highest BCUT2D eigenvalue weighted by Crippen LogP contribution is 2.35. The number of hydrogen-bond donors (Lipinski definition) is 1. The Labute approximate surface area is 102 Å². The molecule has 0 amide bonds. The molecule has 0 saturated heterocycles. The molecular formula is C12H21N3O2. The minimum Gasteiger partial charge on any atom is -0.395 e. The van der Waals surface area contributed by atoms with Crippen molar-refractivity contribution in [2.45, 2.75) is 25.4 Å². The Morgan fingerprint density at radius 3 is 3.00 bits per heavy atom. The molecule has 0 spiro atoms. The number of aliphatic hydroxyl groups is 1. The summed E-state index contributed by atoms with van der Waals surface area (Å²) in [5.74, 6) is 0. The van der Waals surface area contributed by atoms with E-state index < -0.39 is 0 Å². The smallest absolute Gasteiger partial charge is 0.0951 e. The number of ether oxygens (including phenoxy) is 1. The Balaban J connectivity index is 1.92. The Bertz CT molecular complexity index is 336. The zero-order chi connectivity index (χ0) is 12.1. The monoisotopic (exact) mass is 239 g/mol. The molecule has 2 rings (SSSR count). The molecule has 5 nitrogen and oxygen atoms in total. The summed E-state index contributed by atoms with van der Waals surface area (Å²) in [6.07, 6.45) is 6.37. The van der Waals surface area contributed by atoms with E-state index in [1.807, 2.05) is 12.5 Å². The number of methoxy groups -OCH3 is 1. The minimum atomic E-state index is 0.182. The topological polar surface area (TPSA) is 50.5 Å². The standard InChI is InChI=1S/C12H21N3O2/c1-17-7-5-14(4-6-16)9-12-8-13-10-15(12)11-2-3-11/h8,10-11,16H,2-7,9H2,1H3. The van der Waals surface area contributed by atoms with Gasteiger partial charge in [0, 0.05) is 39.0 Å². The van der Waals surface area contributed by atoms with Gasteiger partial charge in [0.1, 0.15) is 0 Å². The number of aliphatic hydroxyl groups excluding tert-OH is 1. The maximum atomic E-state index is 9.05. The fourth-order valence-corrected chi connectivity index (χ4v) is 2.00. The molecule has 0 aromatic carbocycles. The van der Waals surface area contributed by atoms with Crippen molar-refractivity contribution in [2.75, 3.05) is 33.4 Å². The highest BCUT2D eigenvalue weighted by molar-refractivity contribution is 5.03. The lowest BCUT2D eigenvalue weighted by molar-refractivity contribution is 0.125. The van der Waals surface area contributed by atoms with Crippen LogP contribution >= 0.6 is 0 Å². The van der Waals surface area contributed by atoms with Crippen LogP contribution in [0.5, 0.6) is 0 Å². The van der Waals surface area contributed by atoms with Gasteiger partial charge in [0.2, 0.25) is 0 Å². The number of nitrogens with zero attached hydrogens (tertiary/aromatic N) is 3. The van der Waals surface area contributed by atoms with Gasteiger partial charge in [-0.3, -0.25) is 4.90 Å². The van der Waals surface area contributed by atoms with Crippen LogP contribution in [0.4, 0.5) is 0 Å². The zero-order valence-corrected chi connectivity index (χ0v) is 10.4. The maximum absolute atomic E-state index is 9.05. The first-order valence-electron chi connectivity index (χ1n) is 6.18. The lowest BCUT2D eigenvalue weighted by atomic mass is 10.3. The van der Waals surface area contributed by atoms with E-state index in [4.69, 9.17) is 9.84 Å². The second kappa shape index (κ2) is 6.14. The van der Waals surface area contributed by atoms with Crippen molar-refractivity contribution in [1.29, 1.82) is 0 Å². The largest absolute Gasteiger partial charge is 0.395 e. The zero-order valence-electron chi connectivity index (χ0n) is 10.4. The number of aromatic nitrogens is 2. The van der Waals surface area contributed by atoms with E-state index in [1.54, 1.807) is 7.11 Å². The molecule has 1 saturated carbocycles. The first-order valence-corrected chi connectivity index (χ1v) is 6.18. The lowest BCUT2D eigenvalue weighted by Gasteiger charge is -2.21. The van der Waals surface area contributed by atoms with Crippen LogP contribution in [0.25, 0.3) is 0 Å². The van der Waals surface area contributed by atoms with E-state index in [2.05, 4.69) is 14.5 Å². The molecule has 1 heterocycles. The van der Waals surface area contributed by atoms with Crippen LogP contribution in [0.15, 0.2) is 12.5 Å². The number of hydrogen-bond acceptors (Lipinski definition) is 4. The van der Waals surface area contributed by atoms with Crippen LogP contribution in [-0.4, -0.2) is 53.0 Å². The van der Waals surface area contributed by atoms with Crippen molar-refractivity contribution in [1.82, 2.24) is 14.5 Å². The van der Waals surface area contributed by atoms with Crippen LogP contribution in [0.3, 0.4) is 0 Å². The third kappa shape index (κ3) is 3.52. The average molecular weight is 239 g/mol. The van der Waals surface area contributed by atoms with Crippen molar-refractivity contribution in [3.8, 4) is 0 Å². The van der Waals surface area contributed by atoms with Gasteiger partial charge >= 0.3 is 0 Å². The predicted molar refractivity (Wildman–Crippen MR) is 64.7 cm³/mol. The first kappa shape index (κ1) is 12.5. The number of imidazole rings is 1.